The van der Waals surface area contributed by atoms with Gasteiger partial charge in [-0.05, 0) is 49.9 Å². The highest BCUT2D eigenvalue weighted by molar-refractivity contribution is 6.30. The standard InChI is InChI=1S/C20H22ClN3O3/c21-15-6-4-14(5-7-15)16-13-17(23-27-16)20(8-9-20)19(26)22-10-2-12-24-11-1-3-18(24)25/h4-7,13H,1-3,8-12H2,(H,22,26). The molecule has 0 unspecified atom stereocenters. The van der Waals surface area contributed by atoms with E-state index in [0.29, 0.717) is 36.0 Å². The summed E-state index contributed by atoms with van der Waals surface area (Å²) in [5.74, 6) is 0.844. The Hall–Kier alpha value is -2.34. The lowest BCUT2D eigenvalue weighted by Crippen LogP contribution is -2.37. The largest absolute Gasteiger partial charge is 0.356 e. The summed E-state index contributed by atoms with van der Waals surface area (Å²) in [4.78, 5) is 26.2. The summed E-state index contributed by atoms with van der Waals surface area (Å²) in [6.45, 7) is 2.10. The molecule has 0 bridgehead atoms. The molecule has 1 aliphatic heterocycles. The molecule has 142 valence electrons. The molecular weight excluding hydrogens is 366 g/mol. The Morgan fingerprint density at radius 1 is 1.30 bits per heavy atom. The molecule has 1 aromatic carbocycles. The zero-order chi connectivity index (χ0) is 18.9. The van der Waals surface area contributed by atoms with Gasteiger partial charge in [0.15, 0.2) is 5.76 Å². The molecule has 4 rings (SSSR count). The number of benzene rings is 1. The Balaban J connectivity index is 1.34. The third-order valence-corrected chi connectivity index (χ3v) is 5.63. The summed E-state index contributed by atoms with van der Waals surface area (Å²) in [6.07, 6.45) is 3.91. The number of carbonyl (C=O) groups is 2. The van der Waals surface area contributed by atoms with Crippen molar-refractivity contribution in [2.75, 3.05) is 19.6 Å². The second kappa shape index (κ2) is 7.35. The molecular formula is C20H22ClN3O3. The second-order valence-corrected chi connectivity index (χ2v) is 7.70. The molecule has 6 nitrogen and oxygen atoms in total. The van der Waals surface area contributed by atoms with Gasteiger partial charge < -0.3 is 14.7 Å². The molecule has 0 spiro atoms. The average Bonchev–Trinajstić information content (AvgIpc) is 3.14. The number of likely N-dealkylation sites (tertiary alicyclic amines) is 1. The van der Waals surface area contributed by atoms with E-state index in [1.165, 1.54) is 0 Å². The Morgan fingerprint density at radius 2 is 2.07 bits per heavy atom. The van der Waals surface area contributed by atoms with Crippen molar-refractivity contribution in [2.45, 2.75) is 37.5 Å². The van der Waals surface area contributed by atoms with Crippen LogP contribution in [-0.2, 0) is 15.0 Å². The third kappa shape index (κ3) is 3.72. The predicted molar refractivity (Wildman–Crippen MR) is 101 cm³/mol. The van der Waals surface area contributed by atoms with Crippen molar-refractivity contribution in [1.29, 1.82) is 0 Å². The van der Waals surface area contributed by atoms with Crippen LogP contribution < -0.4 is 5.32 Å². The van der Waals surface area contributed by atoms with Gasteiger partial charge in [0, 0.05) is 42.7 Å². The minimum absolute atomic E-state index is 0.00814. The van der Waals surface area contributed by atoms with E-state index in [0.717, 1.165) is 37.8 Å². The van der Waals surface area contributed by atoms with E-state index in [1.807, 2.05) is 23.1 Å². The van der Waals surface area contributed by atoms with Crippen molar-refractivity contribution in [2.24, 2.45) is 0 Å². The Morgan fingerprint density at radius 3 is 2.74 bits per heavy atom. The van der Waals surface area contributed by atoms with E-state index >= 15 is 0 Å². The van der Waals surface area contributed by atoms with E-state index < -0.39 is 5.41 Å². The molecule has 0 atom stereocenters. The first-order valence-electron chi connectivity index (χ1n) is 9.38. The smallest absolute Gasteiger partial charge is 0.232 e. The summed E-state index contributed by atoms with van der Waals surface area (Å²) in [5.41, 5.74) is 0.988. The van der Waals surface area contributed by atoms with Crippen molar-refractivity contribution < 1.29 is 14.1 Å². The SMILES string of the molecule is O=C1CCCN1CCCNC(=O)C1(c2cc(-c3ccc(Cl)cc3)on2)CC1. The fourth-order valence-electron chi connectivity index (χ4n) is 3.56. The molecule has 27 heavy (non-hydrogen) atoms. The highest BCUT2D eigenvalue weighted by Crippen LogP contribution is 2.48. The van der Waals surface area contributed by atoms with Crippen LogP contribution in [0.1, 0.15) is 37.8 Å². The van der Waals surface area contributed by atoms with Gasteiger partial charge in [0.2, 0.25) is 11.8 Å². The van der Waals surface area contributed by atoms with E-state index in [-0.39, 0.29) is 11.8 Å². The molecule has 7 heteroatoms. The second-order valence-electron chi connectivity index (χ2n) is 7.26. The number of hydrogen-bond donors (Lipinski definition) is 1. The Bertz CT molecular complexity index is 842. The summed E-state index contributed by atoms with van der Waals surface area (Å²) in [7, 11) is 0. The van der Waals surface area contributed by atoms with Gasteiger partial charge in [-0.1, -0.05) is 16.8 Å². The van der Waals surface area contributed by atoms with Crippen LogP contribution in [0.2, 0.25) is 5.02 Å². The van der Waals surface area contributed by atoms with Crippen LogP contribution in [-0.4, -0.2) is 41.5 Å². The molecule has 1 saturated carbocycles. The van der Waals surface area contributed by atoms with E-state index in [9.17, 15) is 9.59 Å². The number of halogens is 1. The number of rotatable bonds is 7. The minimum atomic E-state index is -0.572. The maximum absolute atomic E-state index is 12.7. The maximum atomic E-state index is 12.7. The summed E-state index contributed by atoms with van der Waals surface area (Å²) >= 11 is 5.92. The van der Waals surface area contributed by atoms with E-state index in [2.05, 4.69) is 10.5 Å². The normalized spacial score (nSPS) is 18.0. The fraction of sp³-hybridized carbons (Fsp3) is 0.450. The van der Waals surface area contributed by atoms with Crippen LogP contribution in [0.4, 0.5) is 0 Å². The average molecular weight is 388 g/mol. The summed E-state index contributed by atoms with van der Waals surface area (Å²) in [5, 5.41) is 7.81. The quantitative estimate of drug-likeness (QED) is 0.740. The van der Waals surface area contributed by atoms with Crippen LogP contribution in [0.3, 0.4) is 0 Å². The predicted octanol–water partition coefficient (Wildman–Crippen LogP) is 3.16. The lowest BCUT2D eigenvalue weighted by molar-refractivity contribution is -0.127. The molecule has 1 aliphatic carbocycles. The number of carbonyl (C=O) groups excluding carboxylic acids is 2. The number of nitrogens with zero attached hydrogens (tertiary/aromatic N) is 2. The van der Waals surface area contributed by atoms with Gasteiger partial charge in [0.1, 0.15) is 0 Å². The van der Waals surface area contributed by atoms with Crippen molar-refractivity contribution in [3.63, 3.8) is 0 Å². The molecule has 1 N–H and O–H groups in total. The minimum Gasteiger partial charge on any atom is -0.356 e. The van der Waals surface area contributed by atoms with Crippen molar-refractivity contribution in [3.8, 4) is 11.3 Å². The lowest BCUT2D eigenvalue weighted by atomic mass is 10.0. The highest BCUT2D eigenvalue weighted by atomic mass is 35.5. The van der Waals surface area contributed by atoms with Crippen LogP contribution in [0.25, 0.3) is 11.3 Å². The van der Waals surface area contributed by atoms with Gasteiger partial charge in [-0.2, -0.15) is 0 Å². The van der Waals surface area contributed by atoms with Gasteiger partial charge in [-0.15, -0.1) is 0 Å². The van der Waals surface area contributed by atoms with Gasteiger partial charge >= 0.3 is 0 Å². The van der Waals surface area contributed by atoms with Gasteiger partial charge in [0.25, 0.3) is 0 Å². The number of hydrogen-bond acceptors (Lipinski definition) is 4. The van der Waals surface area contributed by atoms with Gasteiger partial charge in [-0.3, -0.25) is 9.59 Å². The van der Waals surface area contributed by atoms with Crippen LogP contribution in [0.5, 0.6) is 0 Å². The Labute approximate surface area is 162 Å². The fourth-order valence-corrected chi connectivity index (χ4v) is 3.68. The van der Waals surface area contributed by atoms with E-state index in [4.69, 9.17) is 16.1 Å². The molecule has 1 aromatic heterocycles. The van der Waals surface area contributed by atoms with Gasteiger partial charge in [-0.25, -0.2) is 0 Å². The zero-order valence-electron chi connectivity index (χ0n) is 15.0. The molecule has 0 radical (unpaired) electrons. The first-order valence-corrected chi connectivity index (χ1v) is 9.75. The van der Waals surface area contributed by atoms with E-state index in [1.54, 1.807) is 12.1 Å². The highest BCUT2D eigenvalue weighted by Gasteiger charge is 2.53. The van der Waals surface area contributed by atoms with Gasteiger partial charge in [0.05, 0.1) is 11.1 Å². The molecule has 2 aromatic rings. The molecule has 2 fully saturated rings. The topological polar surface area (TPSA) is 75.4 Å². The lowest BCUT2D eigenvalue weighted by Gasteiger charge is -2.16. The zero-order valence-corrected chi connectivity index (χ0v) is 15.8. The van der Waals surface area contributed by atoms with Crippen LogP contribution >= 0.6 is 11.6 Å². The molecule has 2 aliphatic rings. The third-order valence-electron chi connectivity index (χ3n) is 5.38. The summed E-state index contributed by atoms with van der Waals surface area (Å²) < 4.78 is 5.45. The first-order chi connectivity index (χ1) is 13.1. The maximum Gasteiger partial charge on any atom is 0.232 e. The van der Waals surface area contributed by atoms with Crippen molar-refractivity contribution >= 4 is 23.4 Å². The number of amides is 2. The monoisotopic (exact) mass is 387 g/mol. The van der Waals surface area contributed by atoms with Crippen molar-refractivity contribution in [3.05, 3.63) is 41.0 Å². The molecule has 2 amide bonds. The first kappa shape index (κ1) is 18.0. The number of nitrogens with one attached hydrogen (secondary N) is 1. The molecule has 2 heterocycles. The van der Waals surface area contributed by atoms with Crippen molar-refractivity contribution in [1.82, 2.24) is 15.4 Å². The number of aromatic nitrogens is 1. The summed E-state index contributed by atoms with van der Waals surface area (Å²) in [6, 6.07) is 9.17. The molecule has 1 saturated heterocycles. The van der Waals surface area contributed by atoms with Crippen LogP contribution in [0.15, 0.2) is 34.9 Å². The van der Waals surface area contributed by atoms with Crippen LogP contribution in [0, 0.1) is 0 Å². The Kier molecular flexibility index (Phi) is 4.91.